The highest BCUT2D eigenvalue weighted by Crippen LogP contribution is 2.36. The first-order chi connectivity index (χ1) is 13.1. The van der Waals surface area contributed by atoms with Crippen LogP contribution in [0.3, 0.4) is 0 Å². The van der Waals surface area contributed by atoms with Gasteiger partial charge in [-0.2, -0.15) is 18.3 Å². The molecule has 2 aromatic rings. The normalized spacial score (nSPS) is 20.3. The Bertz CT molecular complexity index is 863. The number of carbonyl (C=O) groups is 2. The van der Waals surface area contributed by atoms with E-state index in [-0.39, 0.29) is 24.4 Å². The van der Waals surface area contributed by atoms with Crippen LogP contribution in [0.1, 0.15) is 24.4 Å². The van der Waals surface area contributed by atoms with Crippen molar-refractivity contribution in [2.45, 2.75) is 31.6 Å². The van der Waals surface area contributed by atoms with Gasteiger partial charge >= 0.3 is 6.18 Å². The second kappa shape index (κ2) is 7.61. The molecule has 0 radical (unpaired) electrons. The summed E-state index contributed by atoms with van der Waals surface area (Å²) in [6.07, 6.45) is -1.76. The SMILES string of the molecule is CN1C(=O)CCC(C(=O)Nc2cnn(CC(F)(F)F)c2)C1c1ccc(F)cc1. The summed E-state index contributed by atoms with van der Waals surface area (Å²) in [5, 5.41) is 6.15. The minimum atomic E-state index is -4.42. The van der Waals surface area contributed by atoms with Gasteiger partial charge in [0.25, 0.3) is 0 Å². The Morgan fingerprint density at radius 3 is 2.61 bits per heavy atom. The maximum absolute atomic E-state index is 13.2. The van der Waals surface area contributed by atoms with Crippen molar-refractivity contribution in [1.29, 1.82) is 0 Å². The van der Waals surface area contributed by atoms with Crippen molar-refractivity contribution >= 4 is 17.5 Å². The molecule has 150 valence electrons. The van der Waals surface area contributed by atoms with Gasteiger partial charge < -0.3 is 10.2 Å². The molecule has 1 saturated heterocycles. The quantitative estimate of drug-likeness (QED) is 0.805. The van der Waals surface area contributed by atoms with Gasteiger partial charge in [-0.25, -0.2) is 4.39 Å². The summed E-state index contributed by atoms with van der Waals surface area (Å²) in [6.45, 7) is -1.26. The summed E-state index contributed by atoms with van der Waals surface area (Å²) in [5.41, 5.74) is 0.733. The molecule has 1 aromatic heterocycles. The van der Waals surface area contributed by atoms with Gasteiger partial charge in [-0.1, -0.05) is 12.1 Å². The Kier molecular flexibility index (Phi) is 5.39. The Morgan fingerprint density at radius 1 is 1.29 bits per heavy atom. The number of likely N-dealkylation sites (tertiary alicyclic amines) is 1. The molecule has 2 amide bonds. The number of carbonyl (C=O) groups excluding carboxylic acids is 2. The molecule has 6 nitrogen and oxygen atoms in total. The molecule has 1 aliphatic heterocycles. The molecule has 1 aromatic carbocycles. The van der Waals surface area contributed by atoms with Gasteiger partial charge in [0.05, 0.1) is 23.8 Å². The Morgan fingerprint density at radius 2 is 1.96 bits per heavy atom. The first-order valence-electron chi connectivity index (χ1n) is 8.55. The van der Waals surface area contributed by atoms with Crippen LogP contribution in [0.25, 0.3) is 0 Å². The third kappa shape index (κ3) is 4.49. The lowest BCUT2D eigenvalue weighted by Gasteiger charge is -2.38. The van der Waals surface area contributed by atoms with Gasteiger partial charge in [0.2, 0.25) is 11.8 Å². The molecule has 2 heterocycles. The van der Waals surface area contributed by atoms with E-state index in [2.05, 4.69) is 10.4 Å². The molecular formula is C18H18F4N4O2. The van der Waals surface area contributed by atoms with E-state index in [9.17, 15) is 27.2 Å². The van der Waals surface area contributed by atoms with Crippen molar-refractivity contribution in [3.8, 4) is 0 Å². The van der Waals surface area contributed by atoms with E-state index in [0.717, 1.165) is 12.4 Å². The molecule has 0 spiro atoms. The van der Waals surface area contributed by atoms with E-state index in [1.165, 1.54) is 29.2 Å². The van der Waals surface area contributed by atoms with Crippen molar-refractivity contribution < 1.29 is 27.2 Å². The van der Waals surface area contributed by atoms with E-state index in [4.69, 9.17) is 0 Å². The van der Waals surface area contributed by atoms with Crippen LogP contribution in [0.5, 0.6) is 0 Å². The zero-order valence-corrected chi connectivity index (χ0v) is 14.9. The second-order valence-corrected chi connectivity index (χ2v) is 6.68. The van der Waals surface area contributed by atoms with Crippen LogP contribution in [0.2, 0.25) is 0 Å². The fourth-order valence-electron chi connectivity index (χ4n) is 3.36. The van der Waals surface area contributed by atoms with Crippen molar-refractivity contribution in [2.75, 3.05) is 12.4 Å². The summed E-state index contributed by atoms with van der Waals surface area (Å²) < 4.78 is 51.2. The van der Waals surface area contributed by atoms with Crippen LogP contribution in [0, 0.1) is 11.7 Å². The number of hydrogen-bond donors (Lipinski definition) is 1. The van der Waals surface area contributed by atoms with Crippen LogP contribution in [0.4, 0.5) is 23.2 Å². The molecule has 2 unspecified atom stereocenters. The summed E-state index contributed by atoms with van der Waals surface area (Å²) in [7, 11) is 1.57. The zero-order chi connectivity index (χ0) is 20.5. The number of piperidine rings is 1. The third-order valence-corrected chi connectivity index (χ3v) is 4.65. The fourth-order valence-corrected chi connectivity index (χ4v) is 3.36. The molecule has 0 bridgehead atoms. The molecule has 1 aliphatic rings. The lowest BCUT2D eigenvalue weighted by molar-refractivity contribution is -0.142. The average Bonchev–Trinajstić information content (AvgIpc) is 3.03. The predicted octanol–water partition coefficient (Wildman–Crippen LogP) is 3.13. The van der Waals surface area contributed by atoms with E-state index >= 15 is 0 Å². The fraction of sp³-hybridized carbons (Fsp3) is 0.389. The number of nitrogens with one attached hydrogen (secondary N) is 1. The standard InChI is InChI=1S/C18H18F4N4O2/c1-25-15(27)7-6-14(16(25)11-2-4-12(19)5-3-11)17(28)24-13-8-23-26(9-13)10-18(20,21)22/h2-5,8-9,14,16H,6-7,10H2,1H3,(H,24,28). The van der Waals surface area contributed by atoms with Gasteiger partial charge in [0.1, 0.15) is 12.4 Å². The molecule has 28 heavy (non-hydrogen) atoms. The number of anilines is 1. The highest BCUT2D eigenvalue weighted by atomic mass is 19.4. The monoisotopic (exact) mass is 398 g/mol. The van der Waals surface area contributed by atoms with Crippen molar-refractivity contribution in [1.82, 2.24) is 14.7 Å². The Hall–Kier alpha value is -2.91. The third-order valence-electron chi connectivity index (χ3n) is 4.65. The van der Waals surface area contributed by atoms with Gasteiger partial charge in [-0.15, -0.1) is 0 Å². The molecule has 0 saturated carbocycles. The smallest absolute Gasteiger partial charge is 0.338 e. The van der Waals surface area contributed by atoms with Crippen molar-refractivity contribution in [3.05, 3.63) is 48.0 Å². The van der Waals surface area contributed by atoms with Gasteiger partial charge in [0, 0.05) is 19.7 Å². The van der Waals surface area contributed by atoms with Crippen LogP contribution in [0.15, 0.2) is 36.7 Å². The van der Waals surface area contributed by atoms with Gasteiger partial charge in [-0.3, -0.25) is 14.3 Å². The predicted molar refractivity (Wildman–Crippen MR) is 91.5 cm³/mol. The largest absolute Gasteiger partial charge is 0.408 e. The lowest BCUT2D eigenvalue weighted by atomic mass is 9.84. The first-order valence-corrected chi connectivity index (χ1v) is 8.55. The van der Waals surface area contributed by atoms with Crippen molar-refractivity contribution in [2.24, 2.45) is 5.92 Å². The lowest BCUT2D eigenvalue weighted by Crippen LogP contribution is -2.44. The molecule has 10 heteroatoms. The molecule has 3 rings (SSSR count). The maximum atomic E-state index is 13.2. The summed E-state index contributed by atoms with van der Waals surface area (Å²) in [5.74, 6) is -1.66. The zero-order valence-electron chi connectivity index (χ0n) is 14.9. The minimum Gasteiger partial charge on any atom is -0.338 e. The molecular weight excluding hydrogens is 380 g/mol. The number of aromatic nitrogens is 2. The van der Waals surface area contributed by atoms with Gasteiger partial charge in [-0.05, 0) is 24.1 Å². The van der Waals surface area contributed by atoms with Crippen LogP contribution >= 0.6 is 0 Å². The summed E-state index contributed by atoms with van der Waals surface area (Å²) >= 11 is 0. The average molecular weight is 398 g/mol. The maximum Gasteiger partial charge on any atom is 0.408 e. The Labute approximate surface area is 158 Å². The highest BCUT2D eigenvalue weighted by Gasteiger charge is 2.39. The highest BCUT2D eigenvalue weighted by molar-refractivity contribution is 5.94. The second-order valence-electron chi connectivity index (χ2n) is 6.68. The van der Waals surface area contributed by atoms with Gasteiger partial charge in [0.15, 0.2) is 0 Å². The number of alkyl halides is 3. The minimum absolute atomic E-state index is 0.131. The van der Waals surface area contributed by atoms with Crippen molar-refractivity contribution in [3.63, 3.8) is 0 Å². The number of rotatable bonds is 4. The molecule has 1 fully saturated rings. The van der Waals surface area contributed by atoms with E-state index in [1.54, 1.807) is 7.05 Å². The number of amides is 2. The molecule has 1 N–H and O–H groups in total. The van der Waals surface area contributed by atoms with Crippen LogP contribution in [-0.2, 0) is 16.1 Å². The first kappa shape index (κ1) is 19.8. The summed E-state index contributed by atoms with van der Waals surface area (Å²) in [6, 6.07) is 4.91. The number of hydrogen-bond acceptors (Lipinski definition) is 3. The Balaban J connectivity index is 1.78. The van der Waals surface area contributed by atoms with E-state index < -0.39 is 36.4 Å². The number of nitrogens with zero attached hydrogens (tertiary/aromatic N) is 3. The number of halogens is 4. The topological polar surface area (TPSA) is 67.2 Å². The summed E-state index contributed by atoms with van der Waals surface area (Å²) in [4.78, 5) is 26.3. The molecule has 2 atom stereocenters. The molecule has 0 aliphatic carbocycles. The number of benzene rings is 1. The van der Waals surface area contributed by atoms with Crippen LogP contribution in [-0.4, -0.2) is 39.7 Å². The van der Waals surface area contributed by atoms with E-state index in [0.29, 0.717) is 10.2 Å². The van der Waals surface area contributed by atoms with Crippen LogP contribution < -0.4 is 5.32 Å². The van der Waals surface area contributed by atoms with E-state index in [1.807, 2.05) is 0 Å².